The van der Waals surface area contributed by atoms with E-state index in [2.05, 4.69) is 31.8 Å². The van der Waals surface area contributed by atoms with E-state index in [1.165, 1.54) is 31.4 Å². The van der Waals surface area contributed by atoms with E-state index in [1.54, 1.807) is 24.9 Å². The van der Waals surface area contributed by atoms with Gasteiger partial charge in [-0.3, -0.25) is 9.47 Å². The molecule has 29 heavy (non-hydrogen) atoms. The average molecular weight is 413 g/mol. The molecule has 2 heterocycles. The van der Waals surface area contributed by atoms with Gasteiger partial charge in [0, 0.05) is 17.0 Å². The summed E-state index contributed by atoms with van der Waals surface area (Å²) in [6, 6.07) is 14.8. The number of methoxy groups -OCH3 is 1. The van der Waals surface area contributed by atoms with Gasteiger partial charge in [0.15, 0.2) is 11.0 Å². The van der Waals surface area contributed by atoms with E-state index in [0.717, 1.165) is 41.9 Å². The van der Waals surface area contributed by atoms with Gasteiger partial charge in [-0.15, -0.1) is 10.2 Å². The van der Waals surface area contributed by atoms with Crippen LogP contribution in [0, 0.1) is 5.82 Å². The number of likely N-dealkylation sites (tertiary alicyclic amines) is 1. The number of ether oxygens (including phenoxy) is 1. The topological polar surface area (TPSA) is 43.2 Å². The standard InChI is InChI=1S/C22H25FN4OS/c1-28-20-11-10-18(23)14-17(20)16-29-22-25-24-21(15-26-12-6-3-7-13-26)27(22)19-8-4-2-5-9-19/h2,4-5,8-11,14H,3,6-7,12-13,15-16H2,1H3. The number of nitrogens with zero attached hydrogens (tertiary/aromatic N) is 4. The summed E-state index contributed by atoms with van der Waals surface area (Å²) in [5, 5.41) is 9.77. The first-order valence-corrected chi connectivity index (χ1v) is 10.9. The zero-order valence-corrected chi connectivity index (χ0v) is 17.4. The Morgan fingerprint density at radius 1 is 1.03 bits per heavy atom. The number of hydrogen-bond donors (Lipinski definition) is 0. The summed E-state index contributed by atoms with van der Waals surface area (Å²) in [6.07, 6.45) is 3.78. The van der Waals surface area contributed by atoms with Gasteiger partial charge in [-0.05, 0) is 56.3 Å². The number of benzene rings is 2. The predicted molar refractivity (Wildman–Crippen MR) is 113 cm³/mol. The van der Waals surface area contributed by atoms with Crippen molar-refractivity contribution in [2.75, 3.05) is 20.2 Å². The van der Waals surface area contributed by atoms with Crippen molar-refractivity contribution in [3.8, 4) is 11.4 Å². The zero-order chi connectivity index (χ0) is 20.1. The SMILES string of the molecule is COc1ccc(F)cc1CSc1nnc(CN2CCCCC2)n1-c1ccccc1. The Morgan fingerprint density at radius 2 is 1.83 bits per heavy atom. The van der Waals surface area contributed by atoms with Crippen molar-refractivity contribution in [3.05, 3.63) is 65.7 Å². The molecule has 1 saturated heterocycles. The fourth-order valence-corrected chi connectivity index (χ4v) is 4.60. The van der Waals surface area contributed by atoms with Crippen molar-refractivity contribution in [1.82, 2.24) is 19.7 Å². The molecule has 3 aromatic rings. The number of halogens is 1. The Kier molecular flexibility index (Phi) is 6.46. The molecule has 152 valence electrons. The van der Waals surface area contributed by atoms with Crippen LogP contribution < -0.4 is 4.74 Å². The summed E-state index contributed by atoms with van der Waals surface area (Å²) in [5.74, 6) is 1.90. The van der Waals surface area contributed by atoms with Crippen molar-refractivity contribution in [1.29, 1.82) is 0 Å². The summed E-state index contributed by atoms with van der Waals surface area (Å²) in [5.41, 5.74) is 1.84. The van der Waals surface area contributed by atoms with Crippen LogP contribution in [0.15, 0.2) is 53.7 Å². The maximum Gasteiger partial charge on any atom is 0.196 e. The summed E-state index contributed by atoms with van der Waals surface area (Å²) in [6.45, 7) is 2.99. The maximum atomic E-state index is 13.7. The number of piperidine rings is 1. The normalized spacial score (nSPS) is 14.8. The Bertz CT molecular complexity index is 941. The Morgan fingerprint density at radius 3 is 2.59 bits per heavy atom. The highest BCUT2D eigenvalue weighted by molar-refractivity contribution is 7.98. The summed E-state index contributed by atoms with van der Waals surface area (Å²) < 4.78 is 21.2. The van der Waals surface area contributed by atoms with Crippen molar-refractivity contribution in [2.24, 2.45) is 0 Å². The molecule has 1 aliphatic heterocycles. The van der Waals surface area contributed by atoms with Crippen LogP contribution >= 0.6 is 11.8 Å². The van der Waals surface area contributed by atoms with Crippen LogP contribution in [0.5, 0.6) is 5.75 Å². The van der Waals surface area contributed by atoms with Crippen LogP contribution in [0.2, 0.25) is 0 Å². The van der Waals surface area contributed by atoms with Gasteiger partial charge < -0.3 is 4.74 Å². The molecule has 7 heteroatoms. The fourth-order valence-electron chi connectivity index (χ4n) is 3.65. The lowest BCUT2D eigenvalue weighted by Crippen LogP contribution is -2.30. The van der Waals surface area contributed by atoms with Crippen LogP contribution in [0.3, 0.4) is 0 Å². The number of para-hydroxylation sites is 1. The molecule has 0 atom stereocenters. The molecule has 5 nitrogen and oxygen atoms in total. The molecule has 1 aliphatic rings. The quantitative estimate of drug-likeness (QED) is 0.527. The third-order valence-electron chi connectivity index (χ3n) is 5.13. The van der Waals surface area contributed by atoms with Crippen LogP contribution in [0.25, 0.3) is 5.69 Å². The second kappa shape index (κ2) is 9.41. The van der Waals surface area contributed by atoms with Crippen molar-refractivity contribution >= 4 is 11.8 Å². The zero-order valence-electron chi connectivity index (χ0n) is 16.6. The van der Waals surface area contributed by atoms with E-state index >= 15 is 0 Å². The van der Waals surface area contributed by atoms with Gasteiger partial charge in [-0.25, -0.2) is 4.39 Å². The van der Waals surface area contributed by atoms with Gasteiger partial charge >= 0.3 is 0 Å². The van der Waals surface area contributed by atoms with Crippen LogP contribution in [-0.4, -0.2) is 39.9 Å². The highest BCUT2D eigenvalue weighted by Gasteiger charge is 2.19. The molecule has 0 bridgehead atoms. The van der Waals surface area contributed by atoms with Crippen LogP contribution in [0.1, 0.15) is 30.7 Å². The highest BCUT2D eigenvalue weighted by atomic mass is 32.2. The summed E-state index contributed by atoms with van der Waals surface area (Å²) in [4.78, 5) is 2.44. The third-order valence-corrected chi connectivity index (χ3v) is 6.11. The summed E-state index contributed by atoms with van der Waals surface area (Å²) >= 11 is 1.54. The van der Waals surface area contributed by atoms with Crippen molar-refractivity contribution in [3.63, 3.8) is 0 Å². The number of rotatable bonds is 7. The third kappa shape index (κ3) is 4.79. The number of hydrogen-bond acceptors (Lipinski definition) is 5. The van der Waals surface area contributed by atoms with E-state index in [1.807, 2.05) is 18.2 Å². The summed E-state index contributed by atoms with van der Waals surface area (Å²) in [7, 11) is 1.60. The van der Waals surface area contributed by atoms with E-state index in [9.17, 15) is 4.39 Å². The molecule has 4 rings (SSSR count). The lowest BCUT2D eigenvalue weighted by molar-refractivity contribution is 0.214. The first-order chi connectivity index (χ1) is 14.2. The highest BCUT2D eigenvalue weighted by Crippen LogP contribution is 2.30. The molecule has 1 fully saturated rings. The largest absolute Gasteiger partial charge is 0.496 e. The fraction of sp³-hybridized carbons (Fsp3) is 0.364. The van der Waals surface area contributed by atoms with E-state index in [4.69, 9.17) is 4.74 Å². The van der Waals surface area contributed by atoms with E-state index in [0.29, 0.717) is 11.5 Å². The first kappa shape index (κ1) is 19.9. The lowest BCUT2D eigenvalue weighted by atomic mass is 10.1. The molecule has 0 saturated carbocycles. The van der Waals surface area contributed by atoms with Gasteiger partial charge in [0.2, 0.25) is 0 Å². The molecular weight excluding hydrogens is 387 g/mol. The minimum absolute atomic E-state index is 0.267. The Labute approximate surface area is 174 Å². The molecule has 0 N–H and O–H groups in total. The minimum atomic E-state index is -0.267. The predicted octanol–water partition coefficient (Wildman–Crippen LogP) is 4.69. The Balaban J connectivity index is 1.60. The number of aromatic nitrogens is 3. The monoisotopic (exact) mass is 412 g/mol. The molecule has 0 radical (unpaired) electrons. The molecule has 0 unspecified atom stereocenters. The maximum absolute atomic E-state index is 13.7. The van der Waals surface area contributed by atoms with Gasteiger partial charge in [0.1, 0.15) is 11.6 Å². The minimum Gasteiger partial charge on any atom is -0.496 e. The van der Waals surface area contributed by atoms with Gasteiger partial charge in [-0.2, -0.15) is 0 Å². The second-order valence-corrected chi connectivity index (χ2v) is 8.09. The average Bonchev–Trinajstić information content (AvgIpc) is 3.16. The molecule has 2 aromatic carbocycles. The van der Waals surface area contributed by atoms with E-state index < -0.39 is 0 Å². The van der Waals surface area contributed by atoms with Gasteiger partial charge in [0.25, 0.3) is 0 Å². The smallest absolute Gasteiger partial charge is 0.196 e. The lowest BCUT2D eigenvalue weighted by Gasteiger charge is -2.26. The molecule has 0 aliphatic carbocycles. The number of thioether (sulfide) groups is 1. The van der Waals surface area contributed by atoms with Gasteiger partial charge in [-0.1, -0.05) is 36.4 Å². The van der Waals surface area contributed by atoms with Crippen molar-refractivity contribution < 1.29 is 9.13 Å². The first-order valence-electron chi connectivity index (χ1n) is 9.92. The van der Waals surface area contributed by atoms with Crippen LogP contribution in [0.4, 0.5) is 4.39 Å². The van der Waals surface area contributed by atoms with Crippen molar-refractivity contribution in [2.45, 2.75) is 36.7 Å². The molecule has 0 amide bonds. The van der Waals surface area contributed by atoms with Crippen LogP contribution in [-0.2, 0) is 12.3 Å². The molecular formula is C22H25FN4OS. The molecule has 0 spiro atoms. The second-order valence-electron chi connectivity index (χ2n) is 7.15. The molecule has 1 aromatic heterocycles. The Hall–Kier alpha value is -2.38. The van der Waals surface area contributed by atoms with Gasteiger partial charge in [0.05, 0.1) is 13.7 Å². The van der Waals surface area contributed by atoms with E-state index in [-0.39, 0.29) is 5.82 Å².